The molecular formula is C23H20BrClN2O. The molecule has 0 radical (unpaired) electrons. The maximum Gasteiger partial charge on any atom is 0.213 e. The van der Waals surface area contributed by atoms with E-state index in [2.05, 4.69) is 59.4 Å². The zero-order valence-corrected chi connectivity index (χ0v) is 17.7. The van der Waals surface area contributed by atoms with E-state index >= 15 is 0 Å². The summed E-state index contributed by atoms with van der Waals surface area (Å²) in [6.45, 7) is 3.01. The van der Waals surface area contributed by atoms with Gasteiger partial charge >= 0.3 is 0 Å². The summed E-state index contributed by atoms with van der Waals surface area (Å²) >= 11 is 6.25. The summed E-state index contributed by atoms with van der Waals surface area (Å²) in [5, 5.41) is 3.13. The van der Waals surface area contributed by atoms with Crippen LogP contribution < -0.4 is 22.3 Å². The molecule has 1 unspecified atom stereocenters. The third-order valence-electron chi connectivity index (χ3n) is 5.37. The summed E-state index contributed by atoms with van der Waals surface area (Å²) in [5.41, 5.74) is 5.97. The number of hydrogen-bond acceptors (Lipinski definition) is 1. The van der Waals surface area contributed by atoms with E-state index in [1.54, 1.807) is 0 Å². The molecular weight excluding hydrogens is 436 g/mol. The number of rotatable bonds is 2. The van der Waals surface area contributed by atoms with E-state index in [1.807, 2.05) is 30.3 Å². The molecule has 0 saturated heterocycles. The first-order chi connectivity index (χ1) is 13.2. The van der Waals surface area contributed by atoms with Gasteiger partial charge in [-0.05, 0) is 31.2 Å². The van der Waals surface area contributed by atoms with Crippen LogP contribution in [0.2, 0.25) is 5.02 Å². The third kappa shape index (κ3) is 3.12. The molecule has 4 aromatic rings. The maximum absolute atomic E-state index is 6.41. The predicted molar refractivity (Wildman–Crippen MR) is 107 cm³/mol. The van der Waals surface area contributed by atoms with Gasteiger partial charge in [-0.25, -0.2) is 0 Å². The lowest BCUT2D eigenvalue weighted by atomic mass is 10.0. The average Bonchev–Trinajstić information content (AvgIpc) is 3.24. The van der Waals surface area contributed by atoms with Gasteiger partial charge in [-0.15, -0.1) is 0 Å². The quantitative estimate of drug-likeness (QED) is 0.492. The predicted octanol–water partition coefficient (Wildman–Crippen LogP) is 1.87. The number of benzene rings is 2. The van der Waals surface area contributed by atoms with E-state index in [0.29, 0.717) is 0 Å². The van der Waals surface area contributed by atoms with E-state index in [4.69, 9.17) is 16.0 Å². The summed E-state index contributed by atoms with van der Waals surface area (Å²) in [6, 6.07) is 22.9. The molecule has 142 valence electrons. The van der Waals surface area contributed by atoms with Gasteiger partial charge in [0.2, 0.25) is 5.88 Å². The summed E-state index contributed by atoms with van der Waals surface area (Å²) in [5.74, 6) is 1.88. The molecule has 0 aliphatic carbocycles. The Morgan fingerprint density at radius 1 is 1.04 bits per heavy atom. The van der Waals surface area contributed by atoms with Gasteiger partial charge < -0.3 is 26.7 Å². The topological polar surface area (TPSA) is 34.7 Å². The first kappa shape index (κ1) is 19.1. The molecule has 28 heavy (non-hydrogen) atoms. The molecule has 5 heteroatoms. The lowest BCUT2D eigenvalue weighted by molar-refractivity contribution is -0.702. The van der Waals surface area contributed by atoms with E-state index < -0.39 is 0 Å². The fourth-order valence-corrected chi connectivity index (χ4v) is 4.23. The smallest absolute Gasteiger partial charge is 0.213 e. The minimum atomic E-state index is 0. The zero-order valence-electron chi connectivity index (χ0n) is 15.4. The first-order valence-corrected chi connectivity index (χ1v) is 9.54. The second-order valence-corrected chi connectivity index (χ2v) is 7.42. The molecule has 1 atom stereocenters. The SMILES string of the molecule is Cc1c(-c2ccccc2)oc2c1C[NH2+]C(c1cccc(Cl)c1)c1cccn1-2.[Br-]. The van der Waals surface area contributed by atoms with Crippen molar-refractivity contribution in [2.45, 2.75) is 19.5 Å². The summed E-state index contributed by atoms with van der Waals surface area (Å²) in [7, 11) is 0. The second kappa shape index (κ2) is 7.63. The molecule has 0 spiro atoms. The maximum atomic E-state index is 6.41. The molecule has 2 aromatic heterocycles. The van der Waals surface area contributed by atoms with Crippen molar-refractivity contribution in [3.05, 3.63) is 100 Å². The lowest BCUT2D eigenvalue weighted by Gasteiger charge is -2.15. The van der Waals surface area contributed by atoms with Crippen molar-refractivity contribution in [2.24, 2.45) is 0 Å². The Bertz CT molecular complexity index is 1120. The molecule has 0 fully saturated rings. The number of aromatic nitrogens is 1. The second-order valence-electron chi connectivity index (χ2n) is 6.98. The van der Waals surface area contributed by atoms with E-state index in [1.165, 1.54) is 22.4 Å². The highest BCUT2D eigenvalue weighted by Crippen LogP contribution is 2.36. The van der Waals surface area contributed by atoms with Crippen molar-refractivity contribution in [1.82, 2.24) is 4.57 Å². The Morgan fingerprint density at radius 3 is 2.64 bits per heavy atom. The molecule has 0 bridgehead atoms. The molecule has 3 nitrogen and oxygen atoms in total. The lowest BCUT2D eigenvalue weighted by Crippen LogP contribution is -3.00. The molecule has 3 heterocycles. The third-order valence-corrected chi connectivity index (χ3v) is 5.60. The first-order valence-electron chi connectivity index (χ1n) is 9.16. The van der Waals surface area contributed by atoms with E-state index in [9.17, 15) is 0 Å². The summed E-state index contributed by atoms with van der Waals surface area (Å²) in [4.78, 5) is 0. The van der Waals surface area contributed by atoms with Crippen molar-refractivity contribution in [3.63, 3.8) is 0 Å². The number of quaternary nitrogens is 1. The Hall–Kier alpha value is -2.27. The summed E-state index contributed by atoms with van der Waals surface area (Å²) < 4.78 is 8.60. The minimum Gasteiger partial charge on any atom is -1.00 e. The minimum absolute atomic E-state index is 0. The van der Waals surface area contributed by atoms with Crippen molar-refractivity contribution in [3.8, 4) is 17.2 Å². The highest BCUT2D eigenvalue weighted by Gasteiger charge is 2.31. The van der Waals surface area contributed by atoms with Gasteiger partial charge in [0, 0.05) is 27.9 Å². The zero-order chi connectivity index (χ0) is 18.4. The van der Waals surface area contributed by atoms with Crippen LogP contribution in [0.1, 0.15) is 28.4 Å². The van der Waals surface area contributed by atoms with Crippen LogP contribution in [0.4, 0.5) is 0 Å². The number of nitrogens with zero attached hydrogens (tertiary/aromatic N) is 1. The number of hydrogen-bond donors (Lipinski definition) is 1. The highest BCUT2D eigenvalue weighted by molar-refractivity contribution is 6.30. The van der Waals surface area contributed by atoms with Gasteiger partial charge in [-0.1, -0.05) is 54.1 Å². The van der Waals surface area contributed by atoms with Gasteiger partial charge in [-0.2, -0.15) is 0 Å². The number of furan rings is 1. The molecule has 2 aromatic carbocycles. The van der Waals surface area contributed by atoms with Crippen molar-refractivity contribution in [2.75, 3.05) is 0 Å². The highest BCUT2D eigenvalue weighted by atomic mass is 79.9. The van der Waals surface area contributed by atoms with Gasteiger partial charge in [0.15, 0.2) is 6.04 Å². The van der Waals surface area contributed by atoms with Crippen LogP contribution in [-0.2, 0) is 6.54 Å². The molecule has 0 saturated carbocycles. The fourth-order valence-electron chi connectivity index (χ4n) is 4.03. The Morgan fingerprint density at radius 2 is 1.86 bits per heavy atom. The Kier molecular flexibility index (Phi) is 5.19. The Balaban J connectivity index is 0.00000192. The molecule has 5 rings (SSSR count). The normalized spacial score (nSPS) is 15.3. The van der Waals surface area contributed by atoms with Crippen LogP contribution >= 0.6 is 11.6 Å². The van der Waals surface area contributed by atoms with E-state index in [0.717, 1.165) is 28.8 Å². The fraction of sp³-hybridized carbons (Fsp3) is 0.130. The van der Waals surface area contributed by atoms with Crippen LogP contribution in [0, 0.1) is 6.92 Å². The molecule has 1 aliphatic heterocycles. The largest absolute Gasteiger partial charge is 1.00 e. The van der Waals surface area contributed by atoms with Gasteiger partial charge in [-0.3, -0.25) is 4.57 Å². The molecule has 2 N–H and O–H groups in total. The van der Waals surface area contributed by atoms with Crippen molar-refractivity contribution < 1.29 is 26.7 Å². The molecule has 0 amide bonds. The van der Waals surface area contributed by atoms with Crippen molar-refractivity contribution in [1.29, 1.82) is 0 Å². The monoisotopic (exact) mass is 454 g/mol. The molecule has 1 aliphatic rings. The summed E-state index contributed by atoms with van der Waals surface area (Å²) in [6.07, 6.45) is 2.09. The number of nitrogens with two attached hydrogens (primary N) is 1. The average molecular weight is 456 g/mol. The van der Waals surface area contributed by atoms with E-state index in [-0.39, 0.29) is 23.0 Å². The van der Waals surface area contributed by atoms with Gasteiger partial charge in [0.1, 0.15) is 12.3 Å². The Labute approximate surface area is 179 Å². The van der Waals surface area contributed by atoms with Crippen LogP contribution in [0.5, 0.6) is 0 Å². The number of fused-ring (bicyclic) bond motifs is 3. The van der Waals surface area contributed by atoms with Gasteiger partial charge in [0.05, 0.1) is 11.3 Å². The van der Waals surface area contributed by atoms with Crippen LogP contribution in [-0.4, -0.2) is 4.57 Å². The van der Waals surface area contributed by atoms with Crippen LogP contribution in [0.3, 0.4) is 0 Å². The number of halogens is 2. The van der Waals surface area contributed by atoms with Gasteiger partial charge in [0.25, 0.3) is 0 Å². The standard InChI is InChI=1S/C23H19ClN2O.BrH/c1-15-19-14-25-21(17-9-5-10-18(24)13-17)20-11-6-12-26(20)23(19)27-22(15)16-7-3-2-4-8-16;/h2-13,21,25H,14H2,1H3;1H. The van der Waals surface area contributed by atoms with Crippen molar-refractivity contribution >= 4 is 11.6 Å². The van der Waals surface area contributed by atoms with Crippen LogP contribution in [0.15, 0.2) is 77.3 Å². The van der Waals surface area contributed by atoms with Crippen LogP contribution in [0.25, 0.3) is 17.2 Å².